The molecule has 0 aromatic carbocycles. The summed E-state index contributed by atoms with van der Waals surface area (Å²) < 4.78 is 5.63. The molecular formula is C15H28ClN3O3. The first-order chi connectivity index (χ1) is 9.72. The Morgan fingerprint density at radius 1 is 1.36 bits per heavy atom. The van der Waals surface area contributed by atoms with Crippen molar-refractivity contribution < 1.29 is 14.3 Å². The first kappa shape index (κ1) is 19.2. The molecule has 6 nitrogen and oxygen atoms in total. The minimum atomic E-state index is -0.957. The van der Waals surface area contributed by atoms with E-state index in [4.69, 9.17) is 10.5 Å². The molecule has 2 rings (SSSR count). The molecule has 0 spiro atoms. The second kappa shape index (κ2) is 6.72. The smallest absolute Gasteiger partial charge is 0.243 e. The van der Waals surface area contributed by atoms with Crippen molar-refractivity contribution in [3.8, 4) is 0 Å². The molecular weight excluding hydrogens is 306 g/mol. The monoisotopic (exact) mass is 333 g/mol. The summed E-state index contributed by atoms with van der Waals surface area (Å²) in [6.45, 7) is 6.50. The Balaban J connectivity index is 0.00000242. The van der Waals surface area contributed by atoms with Gasteiger partial charge in [-0.15, -0.1) is 12.4 Å². The Morgan fingerprint density at radius 3 is 2.41 bits per heavy atom. The summed E-state index contributed by atoms with van der Waals surface area (Å²) in [6, 6.07) is 0.301. The number of ether oxygens (including phenoxy) is 1. The predicted molar refractivity (Wildman–Crippen MR) is 86.8 cm³/mol. The Hall–Kier alpha value is -0.850. The largest absolute Gasteiger partial charge is 0.378 e. The number of hydrogen-bond donors (Lipinski definition) is 2. The number of hydrogen-bond acceptors (Lipinski definition) is 4. The van der Waals surface area contributed by atoms with Crippen LogP contribution in [-0.2, 0) is 14.3 Å². The molecule has 22 heavy (non-hydrogen) atoms. The van der Waals surface area contributed by atoms with Crippen molar-refractivity contribution in [3.63, 3.8) is 0 Å². The van der Waals surface area contributed by atoms with Crippen LogP contribution in [0.4, 0.5) is 0 Å². The molecule has 0 bridgehead atoms. The van der Waals surface area contributed by atoms with Crippen molar-refractivity contribution in [1.82, 2.24) is 10.2 Å². The Morgan fingerprint density at radius 2 is 1.95 bits per heavy atom. The zero-order chi connectivity index (χ0) is 15.8. The molecule has 128 valence electrons. The Labute approximate surface area is 138 Å². The number of rotatable bonds is 6. The average molecular weight is 334 g/mol. The first-order valence-electron chi connectivity index (χ1n) is 7.67. The molecule has 0 saturated heterocycles. The van der Waals surface area contributed by atoms with Crippen LogP contribution < -0.4 is 11.1 Å². The fraction of sp³-hybridized carbons (Fsp3) is 0.867. The first-order valence-corrected chi connectivity index (χ1v) is 7.67. The molecule has 7 heteroatoms. The fourth-order valence-corrected chi connectivity index (χ4v) is 2.93. The van der Waals surface area contributed by atoms with Gasteiger partial charge in [-0.25, -0.2) is 0 Å². The highest BCUT2D eigenvalue weighted by Gasteiger charge is 2.63. The van der Waals surface area contributed by atoms with E-state index in [9.17, 15) is 9.59 Å². The van der Waals surface area contributed by atoms with Gasteiger partial charge < -0.3 is 20.7 Å². The number of likely N-dealkylation sites (N-methyl/N-ethyl adjacent to an activating group) is 1. The highest BCUT2D eigenvalue weighted by atomic mass is 35.5. The van der Waals surface area contributed by atoms with Crippen LogP contribution in [0.5, 0.6) is 0 Å². The lowest BCUT2D eigenvalue weighted by molar-refractivity contribution is -0.178. The molecule has 2 amide bonds. The van der Waals surface area contributed by atoms with E-state index in [1.807, 2.05) is 20.8 Å². The highest BCUT2D eigenvalue weighted by Crippen LogP contribution is 2.50. The summed E-state index contributed by atoms with van der Waals surface area (Å²) in [4.78, 5) is 25.8. The molecule has 0 aliphatic heterocycles. The van der Waals surface area contributed by atoms with Gasteiger partial charge >= 0.3 is 0 Å². The van der Waals surface area contributed by atoms with Crippen LogP contribution in [0.1, 0.15) is 40.0 Å². The number of nitrogens with two attached hydrogens (primary N) is 1. The fourth-order valence-electron chi connectivity index (χ4n) is 2.93. The van der Waals surface area contributed by atoms with Gasteiger partial charge in [-0.05, 0) is 19.8 Å². The quantitative estimate of drug-likeness (QED) is 0.748. The zero-order valence-corrected chi connectivity index (χ0v) is 14.7. The lowest BCUT2D eigenvalue weighted by atomic mass is 9.54. The molecule has 2 saturated carbocycles. The van der Waals surface area contributed by atoms with E-state index in [2.05, 4.69) is 5.32 Å². The highest BCUT2D eigenvalue weighted by molar-refractivity contribution is 5.92. The molecule has 0 aromatic rings. The summed E-state index contributed by atoms with van der Waals surface area (Å²) in [6.07, 6.45) is 2.56. The van der Waals surface area contributed by atoms with Crippen LogP contribution in [0.15, 0.2) is 0 Å². The second-order valence-electron chi connectivity index (χ2n) is 6.84. The number of carbonyl (C=O) groups excluding carboxylic acids is 2. The summed E-state index contributed by atoms with van der Waals surface area (Å²) in [5, 5.41) is 2.88. The SMILES string of the molecule is CCOC1CC(N)(C(=O)N(C)CC(=O)NC2CC2)C1(C)C.Cl. The summed E-state index contributed by atoms with van der Waals surface area (Å²) in [5.41, 5.74) is 4.95. The number of nitrogens with one attached hydrogen (secondary N) is 1. The maximum atomic E-state index is 12.6. The summed E-state index contributed by atoms with van der Waals surface area (Å²) in [7, 11) is 1.63. The van der Waals surface area contributed by atoms with Crippen LogP contribution in [0.25, 0.3) is 0 Å². The maximum Gasteiger partial charge on any atom is 0.243 e. The second-order valence-corrected chi connectivity index (χ2v) is 6.84. The average Bonchev–Trinajstić information content (AvgIpc) is 3.20. The maximum absolute atomic E-state index is 12.6. The Kier molecular flexibility index (Phi) is 5.87. The number of amides is 2. The minimum Gasteiger partial charge on any atom is -0.378 e. The third kappa shape index (κ3) is 3.39. The van der Waals surface area contributed by atoms with Gasteiger partial charge in [0.1, 0.15) is 5.54 Å². The molecule has 2 unspecified atom stereocenters. The van der Waals surface area contributed by atoms with E-state index < -0.39 is 11.0 Å². The van der Waals surface area contributed by atoms with Crippen LogP contribution in [0.3, 0.4) is 0 Å². The van der Waals surface area contributed by atoms with Gasteiger partial charge in [0, 0.05) is 31.5 Å². The topological polar surface area (TPSA) is 84.7 Å². The molecule has 2 aliphatic rings. The standard InChI is InChI=1S/C15H27N3O3.ClH/c1-5-21-11-8-15(16,14(11,2)3)13(20)18(4)9-12(19)17-10-6-7-10;/h10-11H,5-9,16H2,1-4H3,(H,17,19);1H. The molecule has 0 radical (unpaired) electrons. The predicted octanol–water partition coefficient (Wildman–Crippen LogP) is 0.678. The van der Waals surface area contributed by atoms with Gasteiger partial charge in [0.2, 0.25) is 11.8 Å². The van der Waals surface area contributed by atoms with Crippen molar-refractivity contribution in [2.75, 3.05) is 20.2 Å². The zero-order valence-electron chi connectivity index (χ0n) is 13.8. The molecule has 0 aromatic heterocycles. The van der Waals surface area contributed by atoms with E-state index in [0.717, 1.165) is 12.8 Å². The third-order valence-electron chi connectivity index (χ3n) is 4.88. The number of carbonyl (C=O) groups is 2. The minimum absolute atomic E-state index is 0. The van der Waals surface area contributed by atoms with E-state index in [0.29, 0.717) is 19.1 Å². The third-order valence-corrected chi connectivity index (χ3v) is 4.88. The van der Waals surface area contributed by atoms with Crippen molar-refractivity contribution in [2.24, 2.45) is 11.1 Å². The van der Waals surface area contributed by atoms with Gasteiger partial charge in [0.25, 0.3) is 0 Å². The number of nitrogens with zero attached hydrogens (tertiary/aromatic N) is 1. The normalized spacial score (nSPS) is 29.0. The van der Waals surface area contributed by atoms with Crippen molar-refractivity contribution in [3.05, 3.63) is 0 Å². The molecule has 2 atom stereocenters. The van der Waals surface area contributed by atoms with E-state index >= 15 is 0 Å². The van der Waals surface area contributed by atoms with Gasteiger partial charge in [0.15, 0.2) is 0 Å². The van der Waals surface area contributed by atoms with E-state index in [1.165, 1.54) is 4.90 Å². The van der Waals surface area contributed by atoms with Crippen LogP contribution in [-0.4, -0.2) is 54.6 Å². The van der Waals surface area contributed by atoms with Gasteiger partial charge in [0.05, 0.1) is 12.6 Å². The molecule has 2 fully saturated rings. The summed E-state index contributed by atoms with van der Waals surface area (Å²) >= 11 is 0. The van der Waals surface area contributed by atoms with Crippen molar-refractivity contribution in [1.29, 1.82) is 0 Å². The lowest BCUT2D eigenvalue weighted by Crippen LogP contribution is -2.76. The van der Waals surface area contributed by atoms with Gasteiger partial charge in [-0.3, -0.25) is 9.59 Å². The van der Waals surface area contributed by atoms with Crippen molar-refractivity contribution in [2.45, 2.75) is 57.7 Å². The van der Waals surface area contributed by atoms with Gasteiger partial charge in [-0.1, -0.05) is 13.8 Å². The lowest BCUT2D eigenvalue weighted by Gasteiger charge is -2.58. The summed E-state index contributed by atoms with van der Waals surface area (Å²) in [5.74, 6) is -0.301. The van der Waals surface area contributed by atoms with E-state index in [1.54, 1.807) is 7.05 Å². The Bertz CT molecular complexity index is 440. The van der Waals surface area contributed by atoms with Crippen LogP contribution in [0, 0.1) is 5.41 Å². The number of halogens is 1. The molecule has 2 aliphatic carbocycles. The van der Waals surface area contributed by atoms with E-state index in [-0.39, 0.29) is 36.9 Å². The molecule has 0 heterocycles. The molecule has 3 N–H and O–H groups in total. The van der Waals surface area contributed by atoms with Gasteiger partial charge in [-0.2, -0.15) is 0 Å². The van der Waals surface area contributed by atoms with Crippen LogP contribution in [0.2, 0.25) is 0 Å². The van der Waals surface area contributed by atoms with Crippen molar-refractivity contribution >= 4 is 24.2 Å². The van der Waals surface area contributed by atoms with Crippen LogP contribution >= 0.6 is 12.4 Å².